The highest BCUT2D eigenvalue weighted by molar-refractivity contribution is 5.38. The molecule has 0 bridgehead atoms. The van der Waals surface area contributed by atoms with Gasteiger partial charge in [-0.1, -0.05) is 11.8 Å². The molecule has 0 saturated carbocycles. The molecule has 4 heteroatoms. The summed E-state index contributed by atoms with van der Waals surface area (Å²) in [5.74, 6) is 6.20. The largest absolute Gasteiger partial charge is 0.497 e. The molecule has 1 N–H and O–H groups in total. The molecule has 0 radical (unpaired) electrons. The zero-order valence-corrected chi connectivity index (χ0v) is 11.6. The highest BCUT2D eigenvalue weighted by Crippen LogP contribution is 2.18. The minimum atomic E-state index is -0.381. The van der Waals surface area contributed by atoms with Crippen LogP contribution >= 0.6 is 0 Å². The number of halogens is 1. The van der Waals surface area contributed by atoms with Gasteiger partial charge in [0.1, 0.15) is 30.5 Å². The number of aliphatic hydroxyl groups excluding tert-OH is 1. The number of aliphatic hydroxyl groups is 1. The molecule has 0 heterocycles. The van der Waals surface area contributed by atoms with Crippen molar-refractivity contribution in [2.24, 2.45) is 0 Å². The predicted molar refractivity (Wildman–Crippen MR) is 77.7 cm³/mol. The Hall–Kier alpha value is -2.51. The first kappa shape index (κ1) is 14.9. The van der Waals surface area contributed by atoms with E-state index in [0.29, 0.717) is 16.9 Å². The van der Waals surface area contributed by atoms with Gasteiger partial charge in [-0.05, 0) is 48.0 Å². The number of hydrogen-bond acceptors (Lipinski definition) is 3. The van der Waals surface area contributed by atoms with Crippen molar-refractivity contribution in [1.82, 2.24) is 0 Å². The summed E-state index contributed by atoms with van der Waals surface area (Å²) in [5.41, 5.74) is 1.19. The van der Waals surface area contributed by atoms with Gasteiger partial charge in [0.15, 0.2) is 0 Å². The molecule has 3 nitrogen and oxygen atoms in total. The molecule has 0 aliphatic heterocycles. The Bertz CT molecular complexity index is 654. The molecular formula is C17H15FO3. The van der Waals surface area contributed by atoms with E-state index in [-0.39, 0.29) is 19.0 Å². The summed E-state index contributed by atoms with van der Waals surface area (Å²) in [7, 11) is 1.59. The van der Waals surface area contributed by atoms with Gasteiger partial charge in [-0.15, -0.1) is 0 Å². The molecule has 0 atom stereocenters. The van der Waals surface area contributed by atoms with Crippen LogP contribution in [0.25, 0.3) is 0 Å². The van der Waals surface area contributed by atoms with Crippen LogP contribution in [0.5, 0.6) is 11.5 Å². The normalized spacial score (nSPS) is 9.67. The zero-order valence-electron chi connectivity index (χ0n) is 11.6. The minimum absolute atomic E-state index is 0.234. The Morgan fingerprint density at radius 2 is 1.81 bits per heavy atom. The average Bonchev–Trinajstić information content (AvgIpc) is 2.51. The molecule has 0 fully saturated rings. The molecule has 2 rings (SSSR count). The molecule has 0 spiro atoms. The van der Waals surface area contributed by atoms with E-state index in [9.17, 15) is 4.39 Å². The van der Waals surface area contributed by atoms with Gasteiger partial charge in [0.2, 0.25) is 0 Å². The Labute approximate surface area is 122 Å². The lowest BCUT2D eigenvalue weighted by Gasteiger charge is -2.08. The lowest BCUT2D eigenvalue weighted by Crippen LogP contribution is -1.97. The van der Waals surface area contributed by atoms with Gasteiger partial charge < -0.3 is 14.6 Å². The number of rotatable bonds is 4. The average molecular weight is 286 g/mol. The van der Waals surface area contributed by atoms with E-state index < -0.39 is 0 Å². The van der Waals surface area contributed by atoms with Gasteiger partial charge >= 0.3 is 0 Å². The minimum Gasteiger partial charge on any atom is -0.497 e. The topological polar surface area (TPSA) is 38.7 Å². The molecular weight excluding hydrogens is 271 g/mol. The molecule has 0 unspecified atom stereocenters. The summed E-state index contributed by atoms with van der Waals surface area (Å²) in [4.78, 5) is 0. The van der Waals surface area contributed by atoms with E-state index in [1.54, 1.807) is 37.4 Å². The maximum Gasteiger partial charge on any atom is 0.124 e. The molecule has 108 valence electrons. The van der Waals surface area contributed by atoms with Crippen LogP contribution in [-0.2, 0) is 6.61 Å². The first-order valence-corrected chi connectivity index (χ1v) is 6.37. The van der Waals surface area contributed by atoms with E-state index in [1.165, 1.54) is 12.1 Å². The maximum atomic E-state index is 13.5. The summed E-state index contributed by atoms with van der Waals surface area (Å²) in [5, 5.41) is 8.66. The number of methoxy groups -OCH3 is 1. The van der Waals surface area contributed by atoms with Crippen molar-refractivity contribution in [3.8, 4) is 23.3 Å². The van der Waals surface area contributed by atoms with Gasteiger partial charge in [-0.2, -0.15) is 0 Å². The van der Waals surface area contributed by atoms with Gasteiger partial charge in [0, 0.05) is 5.56 Å². The highest BCUT2D eigenvalue weighted by atomic mass is 19.1. The number of ether oxygens (including phenoxy) is 2. The van der Waals surface area contributed by atoms with Crippen molar-refractivity contribution in [2.45, 2.75) is 6.61 Å². The van der Waals surface area contributed by atoms with Crippen molar-refractivity contribution in [2.75, 3.05) is 13.7 Å². The molecule has 0 aromatic heterocycles. The van der Waals surface area contributed by atoms with E-state index in [2.05, 4.69) is 11.8 Å². The molecule has 0 aliphatic rings. The molecule has 0 amide bonds. The Morgan fingerprint density at radius 3 is 2.48 bits per heavy atom. The zero-order chi connectivity index (χ0) is 15.1. The Kier molecular flexibility index (Phi) is 5.19. The van der Waals surface area contributed by atoms with E-state index in [4.69, 9.17) is 14.6 Å². The van der Waals surface area contributed by atoms with Crippen LogP contribution in [0.2, 0.25) is 0 Å². The van der Waals surface area contributed by atoms with Gasteiger partial charge in [0.25, 0.3) is 0 Å². The lowest BCUT2D eigenvalue weighted by atomic mass is 10.1. The quantitative estimate of drug-likeness (QED) is 0.878. The van der Waals surface area contributed by atoms with E-state index >= 15 is 0 Å². The summed E-state index contributed by atoms with van der Waals surface area (Å²) in [6.45, 7) is -0.0217. The van der Waals surface area contributed by atoms with Crippen LogP contribution < -0.4 is 9.47 Å². The maximum absolute atomic E-state index is 13.5. The molecule has 2 aromatic rings. The standard InChI is InChI=1S/C17H15FO3/c1-20-16-4-6-17(7-5-16)21-12-14-9-13(3-2-8-19)10-15(18)11-14/h4-7,9-11,19H,8,12H2,1H3. The van der Waals surface area contributed by atoms with Gasteiger partial charge in [-0.3, -0.25) is 0 Å². The van der Waals surface area contributed by atoms with Crippen molar-refractivity contribution in [3.63, 3.8) is 0 Å². The smallest absolute Gasteiger partial charge is 0.124 e. The van der Waals surface area contributed by atoms with Crippen molar-refractivity contribution in [1.29, 1.82) is 0 Å². The van der Waals surface area contributed by atoms with Crippen LogP contribution in [0.15, 0.2) is 42.5 Å². The van der Waals surface area contributed by atoms with E-state index in [0.717, 1.165) is 5.75 Å². The third-order valence-electron chi connectivity index (χ3n) is 2.73. The van der Waals surface area contributed by atoms with Gasteiger partial charge in [-0.25, -0.2) is 4.39 Å². The summed E-state index contributed by atoms with van der Waals surface area (Å²) < 4.78 is 24.1. The number of hydrogen-bond donors (Lipinski definition) is 1. The summed E-state index contributed by atoms with van der Waals surface area (Å²) in [6.07, 6.45) is 0. The third kappa shape index (κ3) is 4.51. The summed E-state index contributed by atoms with van der Waals surface area (Å²) in [6, 6.07) is 11.6. The first-order chi connectivity index (χ1) is 10.2. The monoisotopic (exact) mass is 286 g/mol. The van der Waals surface area contributed by atoms with Crippen LogP contribution in [0.3, 0.4) is 0 Å². The van der Waals surface area contributed by atoms with Crippen molar-refractivity contribution in [3.05, 3.63) is 59.4 Å². The second-order valence-electron chi connectivity index (χ2n) is 4.27. The van der Waals surface area contributed by atoms with Crippen molar-refractivity contribution < 1.29 is 19.0 Å². The van der Waals surface area contributed by atoms with Crippen LogP contribution in [-0.4, -0.2) is 18.8 Å². The van der Waals surface area contributed by atoms with E-state index in [1.807, 2.05) is 0 Å². The molecule has 0 aliphatic carbocycles. The SMILES string of the molecule is COc1ccc(OCc2cc(F)cc(C#CCO)c2)cc1. The lowest BCUT2D eigenvalue weighted by molar-refractivity contribution is 0.305. The second-order valence-corrected chi connectivity index (χ2v) is 4.27. The number of benzene rings is 2. The predicted octanol–water partition coefficient (Wildman–Crippen LogP) is 2.76. The fourth-order valence-corrected chi connectivity index (χ4v) is 1.79. The highest BCUT2D eigenvalue weighted by Gasteiger charge is 2.01. The third-order valence-corrected chi connectivity index (χ3v) is 2.73. The first-order valence-electron chi connectivity index (χ1n) is 6.37. The Morgan fingerprint density at radius 1 is 1.10 bits per heavy atom. The van der Waals surface area contributed by atoms with Gasteiger partial charge in [0.05, 0.1) is 7.11 Å². The van der Waals surface area contributed by atoms with Crippen molar-refractivity contribution >= 4 is 0 Å². The molecule has 0 saturated heterocycles. The molecule has 2 aromatic carbocycles. The second kappa shape index (κ2) is 7.32. The van der Waals surface area contributed by atoms with Crippen LogP contribution in [0.1, 0.15) is 11.1 Å². The van der Waals surface area contributed by atoms with Crippen LogP contribution in [0, 0.1) is 17.7 Å². The molecule has 21 heavy (non-hydrogen) atoms. The van der Waals surface area contributed by atoms with Crippen LogP contribution in [0.4, 0.5) is 4.39 Å². The Balaban J connectivity index is 2.06. The summed E-state index contributed by atoms with van der Waals surface area (Å²) >= 11 is 0. The fourth-order valence-electron chi connectivity index (χ4n) is 1.79. The fraction of sp³-hybridized carbons (Fsp3) is 0.176.